The van der Waals surface area contributed by atoms with Crippen molar-refractivity contribution in [1.82, 2.24) is 0 Å². The minimum atomic E-state index is -0.479. The Kier molecular flexibility index (Phi) is 4.78. The lowest BCUT2D eigenvalue weighted by Crippen LogP contribution is -2.09. The number of ether oxygens (including phenoxy) is 2. The van der Waals surface area contributed by atoms with Gasteiger partial charge in [0.05, 0.1) is 26.2 Å². The Morgan fingerprint density at radius 1 is 0.955 bits per heavy atom. The SMILES string of the molecule is COc1ccc(C(=O)CC(=O)c2ccccc2)c(O)c1OC. The number of phenols is 1. The second kappa shape index (κ2) is 6.76. The largest absolute Gasteiger partial charge is 0.504 e. The van der Waals surface area contributed by atoms with Crippen LogP contribution >= 0.6 is 0 Å². The Bertz CT molecular complexity index is 692. The summed E-state index contributed by atoms with van der Waals surface area (Å²) in [5.74, 6) is -0.730. The summed E-state index contributed by atoms with van der Waals surface area (Å²) in [6.45, 7) is 0. The van der Waals surface area contributed by atoms with Gasteiger partial charge in [0.15, 0.2) is 23.1 Å². The second-order valence-electron chi connectivity index (χ2n) is 4.59. The summed E-state index contributed by atoms with van der Waals surface area (Å²) in [7, 11) is 2.79. The summed E-state index contributed by atoms with van der Waals surface area (Å²) in [5, 5.41) is 10.1. The van der Waals surface area contributed by atoms with Gasteiger partial charge in [0, 0.05) is 5.56 Å². The zero-order valence-electron chi connectivity index (χ0n) is 12.3. The molecule has 0 fully saturated rings. The molecular formula is C17H16O5. The van der Waals surface area contributed by atoms with E-state index in [9.17, 15) is 14.7 Å². The molecular weight excluding hydrogens is 284 g/mol. The normalized spacial score (nSPS) is 10.1. The minimum absolute atomic E-state index is 0.0296. The average Bonchev–Trinajstić information content (AvgIpc) is 2.54. The summed E-state index contributed by atoms with van der Waals surface area (Å²) < 4.78 is 10.1. The smallest absolute Gasteiger partial charge is 0.203 e. The third-order valence-corrected chi connectivity index (χ3v) is 3.24. The van der Waals surface area contributed by atoms with Crippen LogP contribution in [0, 0.1) is 0 Å². The van der Waals surface area contributed by atoms with E-state index >= 15 is 0 Å². The molecule has 5 heteroatoms. The van der Waals surface area contributed by atoms with E-state index < -0.39 is 5.78 Å². The monoisotopic (exact) mass is 300 g/mol. The molecule has 0 aromatic heterocycles. The van der Waals surface area contributed by atoms with Gasteiger partial charge in [-0.3, -0.25) is 9.59 Å². The van der Waals surface area contributed by atoms with Crippen LogP contribution in [0.2, 0.25) is 0 Å². The average molecular weight is 300 g/mol. The minimum Gasteiger partial charge on any atom is -0.504 e. The maximum absolute atomic E-state index is 12.2. The number of carbonyl (C=O) groups is 2. The molecule has 5 nitrogen and oxygen atoms in total. The topological polar surface area (TPSA) is 72.8 Å². The number of methoxy groups -OCH3 is 2. The van der Waals surface area contributed by atoms with Crippen LogP contribution in [0.5, 0.6) is 17.2 Å². The molecule has 114 valence electrons. The van der Waals surface area contributed by atoms with E-state index in [0.717, 1.165) is 0 Å². The van der Waals surface area contributed by atoms with Crippen molar-refractivity contribution in [2.24, 2.45) is 0 Å². The number of phenolic OH excluding ortho intramolecular Hbond substituents is 1. The van der Waals surface area contributed by atoms with Crippen molar-refractivity contribution in [2.75, 3.05) is 14.2 Å². The standard InChI is InChI=1S/C17H16O5/c1-21-15-9-8-12(16(20)17(15)22-2)14(19)10-13(18)11-6-4-3-5-7-11/h3-9,20H,10H2,1-2H3. The first-order valence-electron chi connectivity index (χ1n) is 6.64. The third-order valence-electron chi connectivity index (χ3n) is 3.24. The Labute approximate surface area is 128 Å². The molecule has 2 rings (SSSR count). The van der Waals surface area contributed by atoms with Gasteiger partial charge in [0.25, 0.3) is 0 Å². The van der Waals surface area contributed by atoms with Crippen molar-refractivity contribution in [3.05, 3.63) is 53.6 Å². The van der Waals surface area contributed by atoms with Crippen LogP contribution in [-0.4, -0.2) is 30.9 Å². The summed E-state index contributed by atoms with van der Waals surface area (Å²) in [6, 6.07) is 11.5. The molecule has 0 amide bonds. The van der Waals surface area contributed by atoms with Gasteiger partial charge in [-0.1, -0.05) is 30.3 Å². The first kappa shape index (κ1) is 15.6. The maximum Gasteiger partial charge on any atom is 0.203 e. The number of carbonyl (C=O) groups excluding carboxylic acids is 2. The molecule has 0 aliphatic rings. The maximum atomic E-state index is 12.2. The van der Waals surface area contributed by atoms with E-state index in [1.807, 2.05) is 0 Å². The van der Waals surface area contributed by atoms with Gasteiger partial charge < -0.3 is 14.6 Å². The molecule has 0 saturated carbocycles. The molecule has 22 heavy (non-hydrogen) atoms. The van der Waals surface area contributed by atoms with Gasteiger partial charge in [-0.25, -0.2) is 0 Å². The van der Waals surface area contributed by atoms with Gasteiger partial charge >= 0.3 is 0 Å². The van der Waals surface area contributed by atoms with Gasteiger partial charge in [0.2, 0.25) is 5.75 Å². The predicted octanol–water partition coefficient (Wildman–Crippen LogP) is 2.87. The van der Waals surface area contributed by atoms with E-state index in [1.54, 1.807) is 30.3 Å². The fourth-order valence-corrected chi connectivity index (χ4v) is 2.10. The van der Waals surface area contributed by atoms with Crippen LogP contribution in [0.1, 0.15) is 27.1 Å². The quantitative estimate of drug-likeness (QED) is 0.656. The van der Waals surface area contributed by atoms with E-state index in [1.165, 1.54) is 26.4 Å². The first-order valence-corrected chi connectivity index (χ1v) is 6.64. The molecule has 0 aliphatic heterocycles. The first-order chi connectivity index (χ1) is 10.6. The van der Waals surface area contributed by atoms with Gasteiger partial charge in [-0.05, 0) is 12.1 Å². The van der Waals surface area contributed by atoms with Gasteiger partial charge in [-0.15, -0.1) is 0 Å². The zero-order valence-corrected chi connectivity index (χ0v) is 12.3. The fraction of sp³-hybridized carbons (Fsp3) is 0.176. The van der Waals surface area contributed by atoms with E-state index in [4.69, 9.17) is 9.47 Å². The lowest BCUT2D eigenvalue weighted by Gasteiger charge is -2.12. The van der Waals surface area contributed by atoms with Gasteiger partial charge in [0.1, 0.15) is 0 Å². The predicted molar refractivity (Wildman–Crippen MR) is 80.9 cm³/mol. The number of benzene rings is 2. The Hall–Kier alpha value is -2.82. The van der Waals surface area contributed by atoms with Crippen molar-refractivity contribution in [2.45, 2.75) is 6.42 Å². The molecule has 0 spiro atoms. The van der Waals surface area contributed by atoms with E-state index in [0.29, 0.717) is 11.3 Å². The van der Waals surface area contributed by atoms with Crippen LogP contribution in [0.4, 0.5) is 0 Å². The molecule has 0 saturated heterocycles. The second-order valence-corrected chi connectivity index (χ2v) is 4.59. The summed E-state index contributed by atoms with van der Waals surface area (Å²) in [5.41, 5.74) is 0.484. The lowest BCUT2D eigenvalue weighted by molar-refractivity contribution is 0.0892. The van der Waals surface area contributed by atoms with Crippen LogP contribution < -0.4 is 9.47 Å². The highest BCUT2D eigenvalue weighted by Crippen LogP contribution is 2.39. The fourth-order valence-electron chi connectivity index (χ4n) is 2.10. The Morgan fingerprint density at radius 2 is 1.64 bits per heavy atom. The number of Topliss-reactive ketones (excluding diaryl/α,β-unsaturated/α-hetero) is 2. The van der Waals surface area contributed by atoms with Crippen molar-refractivity contribution in [3.8, 4) is 17.2 Å². The van der Waals surface area contributed by atoms with Gasteiger partial charge in [-0.2, -0.15) is 0 Å². The molecule has 0 aliphatic carbocycles. The van der Waals surface area contributed by atoms with E-state index in [-0.39, 0.29) is 29.3 Å². The van der Waals surface area contributed by atoms with E-state index in [2.05, 4.69) is 0 Å². The molecule has 0 bridgehead atoms. The molecule has 0 heterocycles. The van der Waals surface area contributed by atoms with Crippen molar-refractivity contribution < 1.29 is 24.2 Å². The van der Waals surface area contributed by atoms with Crippen LogP contribution in [0.15, 0.2) is 42.5 Å². The van der Waals surface area contributed by atoms with Crippen molar-refractivity contribution in [3.63, 3.8) is 0 Å². The highest BCUT2D eigenvalue weighted by molar-refractivity contribution is 6.14. The summed E-state index contributed by atoms with van der Waals surface area (Å²) in [4.78, 5) is 24.3. The number of aromatic hydroxyl groups is 1. The van der Waals surface area contributed by atoms with Crippen LogP contribution in [0.3, 0.4) is 0 Å². The summed E-state index contributed by atoms with van der Waals surface area (Å²) >= 11 is 0. The third kappa shape index (κ3) is 3.09. The number of ketones is 2. The Morgan fingerprint density at radius 3 is 2.23 bits per heavy atom. The van der Waals surface area contributed by atoms with Crippen molar-refractivity contribution >= 4 is 11.6 Å². The summed E-state index contributed by atoms with van der Waals surface area (Å²) in [6.07, 6.45) is -0.326. The molecule has 0 unspecified atom stereocenters. The highest BCUT2D eigenvalue weighted by atomic mass is 16.5. The number of rotatable bonds is 6. The molecule has 0 radical (unpaired) electrons. The zero-order chi connectivity index (χ0) is 16.1. The molecule has 2 aromatic carbocycles. The van der Waals surface area contributed by atoms with Crippen LogP contribution in [0.25, 0.3) is 0 Å². The van der Waals surface area contributed by atoms with Crippen molar-refractivity contribution in [1.29, 1.82) is 0 Å². The highest BCUT2D eigenvalue weighted by Gasteiger charge is 2.21. The molecule has 1 N–H and O–H groups in total. The Balaban J connectivity index is 2.25. The lowest BCUT2D eigenvalue weighted by atomic mass is 10.0. The number of hydrogen-bond acceptors (Lipinski definition) is 5. The van der Waals surface area contributed by atoms with Crippen LogP contribution in [-0.2, 0) is 0 Å². The molecule has 0 atom stereocenters. The number of hydrogen-bond donors (Lipinski definition) is 1. The molecule has 2 aromatic rings.